The van der Waals surface area contributed by atoms with Crippen LogP contribution in [-0.4, -0.2) is 10.8 Å². The number of carbonyl (C=O) groups is 1. The minimum atomic E-state index is -0.0554. The van der Waals surface area contributed by atoms with Crippen molar-refractivity contribution in [3.05, 3.63) is 102 Å². The van der Waals surface area contributed by atoms with Crippen LogP contribution in [0.5, 0.6) is 0 Å². The van der Waals surface area contributed by atoms with E-state index in [1.54, 1.807) is 0 Å². The van der Waals surface area contributed by atoms with Gasteiger partial charge < -0.3 is 0 Å². The molecule has 0 bridgehead atoms. The molecule has 0 aliphatic rings. The van der Waals surface area contributed by atoms with Crippen molar-refractivity contribution in [2.24, 2.45) is 0 Å². The van der Waals surface area contributed by atoms with Crippen LogP contribution in [-0.2, 0) is 0 Å². The van der Waals surface area contributed by atoms with Crippen molar-refractivity contribution in [3.8, 4) is 11.1 Å². The highest BCUT2D eigenvalue weighted by atomic mass is 16.1. The molecule has 1 heterocycles. The average molecular weight is 309 g/mol. The Morgan fingerprint density at radius 3 is 2.08 bits per heavy atom. The van der Waals surface area contributed by atoms with Gasteiger partial charge in [0.1, 0.15) is 5.69 Å². The normalized spacial score (nSPS) is 10.7. The van der Waals surface area contributed by atoms with Crippen LogP contribution in [0, 0.1) is 0 Å². The molecular weight excluding hydrogens is 294 g/mol. The largest absolute Gasteiger partial charge is 0.287 e. The van der Waals surface area contributed by atoms with Crippen molar-refractivity contribution < 1.29 is 4.79 Å². The van der Waals surface area contributed by atoms with E-state index in [0.717, 1.165) is 22.0 Å². The zero-order chi connectivity index (χ0) is 16.4. The minimum absolute atomic E-state index is 0.0554. The van der Waals surface area contributed by atoms with E-state index in [9.17, 15) is 4.79 Å². The molecule has 0 unspecified atom stereocenters. The van der Waals surface area contributed by atoms with Crippen LogP contribution in [0.2, 0.25) is 0 Å². The maximum Gasteiger partial charge on any atom is 0.212 e. The van der Waals surface area contributed by atoms with Crippen LogP contribution in [0.15, 0.2) is 91.0 Å². The molecule has 0 radical (unpaired) electrons. The van der Waals surface area contributed by atoms with Crippen LogP contribution >= 0.6 is 0 Å². The molecule has 0 fully saturated rings. The van der Waals surface area contributed by atoms with E-state index < -0.39 is 0 Å². The highest BCUT2D eigenvalue weighted by Gasteiger charge is 2.17. The van der Waals surface area contributed by atoms with E-state index in [1.165, 1.54) is 0 Å². The summed E-state index contributed by atoms with van der Waals surface area (Å²) in [5.74, 6) is -0.0554. The molecule has 0 saturated carbocycles. The number of ketones is 1. The fourth-order valence-electron chi connectivity index (χ4n) is 2.85. The zero-order valence-electron chi connectivity index (χ0n) is 13.0. The molecule has 2 nitrogen and oxygen atoms in total. The van der Waals surface area contributed by atoms with Gasteiger partial charge in [0.2, 0.25) is 5.78 Å². The third-order valence-electron chi connectivity index (χ3n) is 4.06. The molecule has 0 N–H and O–H groups in total. The molecule has 0 amide bonds. The molecule has 1 aromatic heterocycles. The Hall–Kier alpha value is -3.26. The molecule has 3 aromatic carbocycles. The zero-order valence-corrected chi connectivity index (χ0v) is 13.0. The number of carbonyl (C=O) groups excluding carboxylic acids is 1. The summed E-state index contributed by atoms with van der Waals surface area (Å²) in [6.45, 7) is 0. The number of pyridine rings is 1. The summed E-state index contributed by atoms with van der Waals surface area (Å²) in [4.78, 5) is 17.7. The van der Waals surface area contributed by atoms with Crippen LogP contribution in [0.3, 0.4) is 0 Å². The van der Waals surface area contributed by atoms with Crippen LogP contribution in [0.25, 0.3) is 22.0 Å². The Morgan fingerprint density at radius 2 is 1.33 bits per heavy atom. The first-order valence-corrected chi connectivity index (χ1v) is 7.88. The summed E-state index contributed by atoms with van der Waals surface area (Å²) < 4.78 is 0. The Balaban J connectivity index is 1.97. The van der Waals surface area contributed by atoms with Gasteiger partial charge in [-0.3, -0.25) is 4.79 Å². The molecular formula is C22H15NO. The number of para-hydroxylation sites is 1. The van der Waals surface area contributed by atoms with E-state index >= 15 is 0 Å². The molecule has 0 saturated heterocycles. The molecule has 4 rings (SSSR count). The minimum Gasteiger partial charge on any atom is -0.287 e. The van der Waals surface area contributed by atoms with Gasteiger partial charge in [-0.15, -0.1) is 0 Å². The number of benzene rings is 3. The lowest BCUT2D eigenvalue weighted by Crippen LogP contribution is -2.06. The third-order valence-corrected chi connectivity index (χ3v) is 4.06. The maximum atomic E-state index is 13.0. The second-order valence-electron chi connectivity index (χ2n) is 5.64. The fraction of sp³-hybridized carbons (Fsp3) is 0. The predicted octanol–water partition coefficient (Wildman–Crippen LogP) is 5.13. The third kappa shape index (κ3) is 2.59. The Labute approximate surface area is 140 Å². The molecule has 0 atom stereocenters. The summed E-state index contributed by atoms with van der Waals surface area (Å²) in [6, 6.07) is 29.2. The highest BCUT2D eigenvalue weighted by molar-refractivity contribution is 6.12. The van der Waals surface area contributed by atoms with Gasteiger partial charge in [-0.2, -0.15) is 0 Å². The van der Waals surface area contributed by atoms with Crippen molar-refractivity contribution in [2.75, 3.05) is 0 Å². The Bertz CT molecular complexity index is 1010. The Morgan fingerprint density at radius 1 is 0.708 bits per heavy atom. The number of nitrogens with zero attached hydrogens (tertiary/aromatic N) is 1. The number of fused-ring (bicyclic) bond motifs is 1. The summed E-state index contributed by atoms with van der Waals surface area (Å²) in [7, 11) is 0. The first kappa shape index (κ1) is 14.3. The highest BCUT2D eigenvalue weighted by Crippen LogP contribution is 2.28. The summed E-state index contributed by atoms with van der Waals surface area (Å²) in [6.07, 6.45) is 0. The lowest BCUT2D eigenvalue weighted by molar-refractivity contribution is 0.103. The van der Waals surface area contributed by atoms with Crippen molar-refractivity contribution >= 4 is 16.7 Å². The monoisotopic (exact) mass is 309 g/mol. The number of hydrogen-bond acceptors (Lipinski definition) is 2. The molecule has 114 valence electrons. The van der Waals surface area contributed by atoms with Gasteiger partial charge in [0, 0.05) is 16.5 Å². The average Bonchev–Trinajstić information content (AvgIpc) is 2.68. The van der Waals surface area contributed by atoms with Gasteiger partial charge in [0.05, 0.1) is 5.52 Å². The van der Waals surface area contributed by atoms with E-state index in [1.807, 2.05) is 91.0 Å². The summed E-state index contributed by atoms with van der Waals surface area (Å²) >= 11 is 0. The molecule has 0 aliphatic heterocycles. The second kappa shape index (κ2) is 6.09. The van der Waals surface area contributed by atoms with Crippen molar-refractivity contribution in [3.63, 3.8) is 0 Å². The number of hydrogen-bond donors (Lipinski definition) is 0. The number of rotatable bonds is 3. The van der Waals surface area contributed by atoms with Gasteiger partial charge in [-0.05, 0) is 17.7 Å². The smallest absolute Gasteiger partial charge is 0.212 e. The maximum absolute atomic E-state index is 13.0. The van der Waals surface area contributed by atoms with Gasteiger partial charge in [-0.1, -0.05) is 78.9 Å². The van der Waals surface area contributed by atoms with Gasteiger partial charge in [0.25, 0.3) is 0 Å². The van der Waals surface area contributed by atoms with E-state index in [0.29, 0.717) is 11.3 Å². The fourth-order valence-corrected chi connectivity index (χ4v) is 2.85. The molecule has 2 heteroatoms. The van der Waals surface area contributed by atoms with Crippen LogP contribution in [0.4, 0.5) is 0 Å². The van der Waals surface area contributed by atoms with Crippen molar-refractivity contribution in [1.29, 1.82) is 0 Å². The first-order valence-electron chi connectivity index (χ1n) is 7.88. The van der Waals surface area contributed by atoms with Crippen molar-refractivity contribution in [1.82, 2.24) is 4.98 Å². The standard InChI is InChI=1S/C22H15NO/c24-22(17-11-5-2-6-12-17)21-19(16-9-3-1-4-10-16)15-18-13-7-8-14-20(18)23-21/h1-15H. The van der Waals surface area contributed by atoms with Crippen LogP contribution in [0.1, 0.15) is 16.1 Å². The number of aromatic nitrogens is 1. The lowest BCUT2D eigenvalue weighted by atomic mass is 9.97. The molecule has 0 spiro atoms. The summed E-state index contributed by atoms with van der Waals surface area (Å²) in [5.41, 5.74) is 3.83. The van der Waals surface area contributed by atoms with Crippen molar-refractivity contribution in [2.45, 2.75) is 0 Å². The summed E-state index contributed by atoms with van der Waals surface area (Å²) in [5, 5.41) is 1.03. The lowest BCUT2D eigenvalue weighted by Gasteiger charge is -2.10. The van der Waals surface area contributed by atoms with Gasteiger partial charge >= 0.3 is 0 Å². The quantitative estimate of drug-likeness (QED) is 0.491. The van der Waals surface area contributed by atoms with E-state index in [2.05, 4.69) is 4.98 Å². The first-order chi connectivity index (χ1) is 11.8. The molecule has 4 aromatic rings. The topological polar surface area (TPSA) is 30.0 Å². The predicted molar refractivity (Wildman–Crippen MR) is 97.1 cm³/mol. The molecule has 0 aliphatic carbocycles. The Kier molecular flexibility index (Phi) is 3.64. The van der Waals surface area contributed by atoms with E-state index in [-0.39, 0.29) is 5.78 Å². The second-order valence-corrected chi connectivity index (χ2v) is 5.64. The SMILES string of the molecule is O=C(c1ccccc1)c1nc2ccccc2cc1-c1ccccc1. The molecule has 24 heavy (non-hydrogen) atoms. The van der Waals surface area contributed by atoms with Gasteiger partial charge in [0.15, 0.2) is 0 Å². The van der Waals surface area contributed by atoms with Gasteiger partial charge in [-0.25, -0.2) is 4.98 Å². The van der Waals surface area contributed by atoms with E-state index in [4.69, 9.17) is 0 Å². The van der Waals surface area contributed by atoms with Crippen LogP contribution < -0.4 is 0 Å².